The van der Waals surface area contributed by atoms with E-state index in [9.17, 15) is 4.79 Å². The van der Waals surface area contributed by atoms with Crippen LogP contribution < -0.4 is 5.73 Å². The van der Waals surface area contributed by atoms with Crippen LogP contribution in [-0.2, 0) is 4.74 Å². The van der Waals surface area contributed by atoms with Crippen molar-refractivity contribution in [2.75, 3.05) is 18.1 Å². The number of nitrogen functional groups attached to an aromatic ring is 1. The van der Waals surface area contributed by atoms with Gasteiger partial charge in [0.15, 0.2) is 0 Å². The molecule has 0 atom stereocenters. The van der Waals surface area contributed by atoms with E-state index in [1.54, 1.807) is 30.9 Å². The van der Waals surface area contributed by atoms with Crippen LogP contribution in [0.5, 0.6) is 0 Å². The highest BCUT2D eigenvalue weighted by Crippen LogP contribution is 2.31. The van der Waals surface area contributed by atoms with Gasteiger partial charge in [0.05, 0.1) is 29.1 Å². The molecule has 1 saturated carbocycles. The standard InChI is InChI=1S/C14H20N2O2S/c1-2-18-14(17)11-7-13(16-8-12(11)15)19-9-10-5-3-4-6-10/h7-8,10H,2-6,9,15H2,1H3. The summed E-state index contributed by atoms with van der Waals surface area (Å²) in [5, 5.41) is 0.851. The summed E-state index contributed by atoms with van der Waals surface area (Å²) >= 11 is 1.70. The number of hydrogen-bond donors (Lipinski definition) is 1. The van der Waals surface area contributed by atoms with Gasteiger partial charge in [-0.25, -0.2) is 9.78 Å². The third-order valence-electron chi connectivity index (χ3n) is 3.35. The molecule has 0 unspecified atom stereocenters. The third kappa shape index (κ3) is 3.86. The fraction of sp³-hybridized carbons (Fsp3) is 0.571. The predicted octanol–water partition coefficient (Wildman–Crippen LogP) is 3.12. The minimum atomic E-state index is -0.370. The maximum Gasteiger partial charge on any atom is 0.340 e. The highest BCUT2D eigenvalue weighted by atomic mass is 32.2. The van der Waals surface area contributed by atoms with Gasteiger partial charge in [-0.15, -0.1) is 11.8 Å². The zero-order valence-electron chi connectivity index (χ0n) is 11.2. The maximum absolute atomic E-state index is 11.7. The molecule has 1 aliphatic rings. The molecular weight excluding hydrogens is 260 g/mol. The van der Waals surface area contributed by atoms with Gasteiger partial charge in [-0.05, 0) is 31.7 Å². The minimum absolute atomic E-state index is 0.352. The molecular formula is C14H20N2O2S. The Morgan fingerprint density at radius 1 is 1.53 bits per heavy atom. The Morgan fingerprint density at radius 3 is 2.95 bits per heavy atom. The summed E-state index contributed by atoms with van der Waals surface area (Å²) in [6.07, 6.45) is 6.85. The van der Waals surface area contributed by atoms with Gasteiger partial charge in [0.1, 0.15) is 0 Å². The molecule has 0 aromatic carbocycles. The molecule has 0 amide bonds. The summed E-state index contributed by atoms with van der Waals surface area (Å²) in [4.78, 5) is 16.0. The topological polar surface area (TPSA) is 65.2 Å². The Hall–Kier alpha value is -1.23. The summed E-state index contributed by atoms with van der Waals surface area (Å²) in [6.45, 7) is 2.14. The van der Waals surface area contributed by atoms with E-state index in [1.807, 2.05) is 0 Å². The van der Waals surface area contributed by atoms with Crippen LogP contribution in [0.15, 0.2) is 17.3 Å². The lowest BCUT2D eigenvalue weighted by molar-refractivity contribution is 0.0527. The number of pyridine rings is 1. The predicted molar refractivity (Wildman–Crippen MR) is 77.3 cm³/mol. The van der Waals surface area contributed by atoms with Crippen LogP contribution in [0.3, 0.4) is 0 Å². The normalized spacial score (nSPS) is 15.6. The van der Waals surface area contributed by atoms with Gasteiger partial charge in [0, 0.05) is 5.75 Å². The van der Waals surface area contributed by atoms with E-state index in [2.05, 4.69) is 4.98 Å². The molecule has 0 saturated heterocycles. The fourth-order valence-electron chi connectivity index (χ4n) is 2.29. The molecule has 0 spiro atoms. The minimum Gasteiger partial charge on any atom is -0.462 e. The molecule has 1 fully saturated rings. The average Bonchev–Trinajstić information content (AvgIpc) is 2.91. The molecule has 2 rings (SSSR count). The number of nitrogens with two attached hydrogens (primary N) is 1. The molecule has 4 nitrogen and oxygen atoms in total. The summed E-state index contributed by atoms with van der Waals surface area (Å²) in [5.74, 6) is 1.49. The molecule has 104 valence electrons. The first kappa shape index (κ1) is 14.2. The lowest BCUT2D eigenvalue weighted by atomic mass is 10.1. The molecule has 1 aliphatic carbocycles. The highest BCUT2D eigenvalue weighted by molar-refractivity contribution is 7.99. The maximum atomic E-state index is 11.7. The van der Waals surface area contributed by atoms with Crippen molar-refractivity contribution < 1.29 is 9.53 Å². The van der Waals surface area contributed by atoms with Gasteiger partial charge in [0.2, 0.25) is 0 Å². The van der Waals surface area contributed by atoms with Crippen molar-refractivity contribution in [1.82, 2.24) is 4.98 Å². The number of hydrogen-bond acceptors (Lipinski definition) is 5. The van der Waals surface area contributed by atoms with E-state index < -0.39 is 0 Å². The Bertz CT molecular complexity index is 445. The van der Waals surface area contributed by atoms with Crippen LogP contribution in [0.25, 0.3) is 0 Å². The quantitative estimate of drug-likeness (QED) is 0.663. The molecule has 2 N–H and O–H groups in total. The number of anilines is 1. The first-order chi connectivity index (χ1) is 9.20. The van der Waals surface area contributed by atoms with E-state index in [0.717, 1.165) is 16.7 Å². The SMILES string of the molecule is CCOC(=O)c1cc(SCC2CCCC2)ncc1N. The number of rotatable bonds is 5. The first-order valence-electron chi connectivity index (χ1n) is 6.76. The van der Waals surface area contributed by atoms with Crippen LogP contribution in [0.4, 0.5) is 5.69 Å². The van der Waals surface area contributed by atoms with Crippen molar-refractivity contribution in [3.05, 3.63) is 17.8 Å². The number of aromatic nitrogens is 1. The van der Waals surface area contributed by atoms with Crippen LogP contribution in [0, 0.1) is 5.92 Å². The van der Waals surface area contributed by atoms with Crippen molar-refractivity contribution in [1.29, 1.82) is 0 Å². The van der Waals surface area contributed by atoms with Crippen molar-refractivity contribution in [3.8, 4) is 0 Å². The molecule has 0 radical (unpaired) electrons. The molecule has 1 heterocycles. The van der Waals surface area contributed by atoms with Crippen LogP contribution in [0.1, 0.15) is 43.0 Å². The highest BCUT2D eigenvalue weighted by Gasteiger charge is 2.17. The van der Waals surface area contributed by atoms with Crippen molar-refractivity contribution in [3.63, 3.8) is 0 Å². The van der Waals surface area contributed by atoms with Crippen molar-refractivity contribution >= 4 is 23.4 Å². The van der Waals surface area contributed by atoms with E-state index in [-0.39, 0.29) is 5.97 Å². The second-order valence-corrected chi connectivity index (χ2v) is 5.83. The Kier molecular flexibility index (Phi) is 5.07. The van der Waals surface area contributed by atoms with E-state index >= 15 is 0 Å². The van der Waals surface area contributed by atoms with Gasteiger partial charge in [-0.1, -0.05) is 12.8 Å². The lowest BCUT2D eigenvalue weighted by Gasteiger charge is -2.09. The number of thioether (sulfide) groups is 1. The first-order valence-corrected chi connectivity index (χ1v) is 7.74. The van der Waals surface area contributed by atoms with Crippen LogP contribution in [0.2, 0.25) is 0 Å². The van der Waals surface area contributed by atoms with Gasteiger partial charge >= 0.3 is 5.97 Å². The van der Waals surface area contributed by atoms with Gasteiger partial charge in [0.25, 0.3) is 0 Å². The summed E-state index contributed by atoms with van der Waals surface area (Å²) < 4.78 is 4.99. The second-order valence-electron chi connectivity index (χ2n) is 4.79. The van der Waals surface area contributed by atoms with E-state index in [4.69, 9.17) is 10.5 Å². The summed E-state index contributed by atoms with van der Waals surface area (Å²) in [5.41, 5.74) is 6.57. The smallest absolute Gasteiger partial charge is 0.340 e. The monoisotopic (exact) mass is 280 g/mol. The van der Waals surface area contributed by atoms with Gasteiger partial charge < -0.3 is 10.5 Å². The lowest BCUT2D eigenvalue weighted by Crippen LogP contribution is -2.09. The zero-order valence-corrected chi connectivity index (χ0v) is 12.0. The summed E-state index contributed by atoms with van der Waals surface area (Å²) in [6, 6.07) is 1.74. The second kappa shape index (κ2) is 6.80. The van der Waals surface area contributed by atoms with Crippen LogP contribution in [-0.4, -0.2) is 23.3 Å². The van der Waals surface area contributed by atoms with Crippen molar-refractivity contribution in [2.24, 2.45) is 5.92 Å². The Morgan fingerprint density at radius 2 is 2.26 bits per heavy atom. The fourth-order valence-corrected chi connectivity index (χ4v) is 3.36. The number of ether oxygens (including phenoxy) is 1. The molecule has 19 heavy (non-hydrogen) atoms. The van der Waals surface area contributed by atoms with Gasteiger partial charge in [-0.3, -0.25) is 0 Å². The zero-order chi connectivity index (χ0) is 13.7. The van der Waals surface area contributed by atoms with Gasteiger partial charge in [-0.2, -0.15) is 0 Å². The summed E-state index contributed by atoms with van der Waals surface area (Å²) in [7, 11) is 0. The number of carbonyl (C=O) groups excluding carboxylic acids is 1. The van der Waals surface area contributed by atoms with E-state index in [0.29, 0.717) is 17.9 Å². The number of carbonyl (C=O) groups is 1. The molecule has 0 aliphatic heterocycles. The Labute approximate surface area is 118 Å². The molecule has 5 heteroatoms. The molecule has 1 aromatic heterocycles. The van der Waals surface area contributed by atoms with Crippen molar-refractivity contribution in [2.45, 2.75) is 37.6 Å². The number of esters is 1. The third-order valence-corrected chi connectivity index (χ3v) is 4.50. The largest absolute Gasteiger partial charge is 0.462 e. The molecule has 1 aromatic rings. The average molecular weight is 280 g/mol. The Balaban J connectivity index is 2.00. The van der Waals surface area contributed by atoms with Crippen LogP contribution >= 0.6 is 11.8 Å². The van der Waals surface area contributed by atoms with E-state index in [1.165, 1.54) is 25.7 Å². The number of nitrogens with zero attached hydrogens (tertiary/aromatic N) is 1. The molecule has 0 bridgehead atoms.